The number of ether oxygens (including phenoxy) is 3. The molecule has 0 radical (unpaired) electrons. The highest BCUT2D eigenvalue weighted by atomic mass is 16.5. The van der Waals surface area contributed by atoms with Gasteiger partial charge >= 0.3 is 5.97 Å². The molecule has 0 amide bonds. The number of benzene rings is 1. The SMILES string of the molecule is CCOC(=O)CN(CC)Cc1cc(OC)c(OC)cc1C. The molecular weight excluding hydrogens is 270 g/mol. The lowest BCUT2D eigenvalue weighted by Gasteiger charge is -2.21. The highest BCUT2D eigenvalue weighted by molar-refractivity contribution is 5.71. The molecule has 0 saturated heterocycles. The second-order valence-corrected chi connectivity index (χ2v) is 4.74. The van der Waals surface area contributed by atoms with Gasteiger partial charge in [0.15, 0.2) is 11.5 Å². The average Bonchev–Trinajstić information content (AvgIpc) is 2.48. The van der Waals surface area contributed by atoms with Crippen LogP contribution in [0.1, 0.15) is 25.0 Å². The van der Waals surface area contributed by atoms with Crippen molar-refractivity contribution in [1.82, 2.24) is 4.90 Å². The van der Waals surface area contributed by atoms with E-state index < -0.39 is 0 Å². The first-order valence-electron chi connectivity index (χ1n) is 7.15. The van der Waals surface area contributed by atoms with E-state index in [9.17, 15) is 4.79 Å². The Morgan fingerprint density at radius 3 is 2.29 bits per heavy atom. The zero-order valence-electron chi connectivity index (χ0n) is 13.6. The van der Waals surface area contributed by atoms with Crippen molar-refractivity contribution in [3.8, 4) is 11.5 Å². The molecule has 1 aromatic rings. The number of carbonyl (C=O) groups excluding carboxylic acids is 1. The van der Waals surface area contributed by atoms with Crippen molar-refractivity contribution in [2.45, 2.75) is 27.3 Å². The Kier molecular flexibility index (Phi) is 7.02. The van der Waals surface area contributed by atoms with E-state index in [1.165, 1.54) is 0 Å². The molecule has 0 aliphatic rings. The molecule has 0 N–H and O–H groups in total. The van der Waals surface area contributed by atoms with Crippen LogP contribution in [0.2, 0.25) is 0 Å². The van der Waals surface area contributed by atoms with Crippen molar-refractivity contribution in [2.24, 2.45) is 0 Å². The second kappa shape index (κ2) is 8.52. The third-order valence-electron chi connectivity index (χ3n) is 3.34. The van der Waals surface area contributed by atoms with E-state index in [-0.39, 0.29) is 12.5 Å². The number of aryl methyl sites for hydroxylation is 1. The maximum Gasteiger partial charge on any atom is 0.320 e. The molecule has 0 unspecified atom stereocenters. The Morgan fingerprint density at radius 2 is 1.76 bits per heavy atom. The average molecular weight is 295 g/mol. The van der Waals surface area contributed by atoms with Gasteiger partial charge in [-0.2, -0.15) is 0 Å². The highest BCUT2D eigenvalue weighted by Crippen LogP contribution is 2.30. The van der Waals surface area contributed by atoms with E-state index in [2.05, 4.69) is 0 Å². The molecule has 1 aromatic carbocycles. The molecule has 0 saturated carbocycles. The topological polar surface area (TPSA) is 48.0 Å². The summed E-state index contributed by atoms with van der Waals surface area (Å²) < 4.78 is 15.6. The van der Waals surface area contributed by atoms with Gasteiger partial charge in [0, 0.05) is 6.54 Å². The number of methoxy groups -OCH3 is 2. The Bertz CT molecular complexity index is 474. The maximum absolute atomic E-state index is 11.6. The number of esters is 1. The van der Waals surface area contributed by atoms with Gasteiger partial charge in [-0.15, -0.1) is 0 Å². The van der Waals surface area contributed by atoms with Gasteiger partial charge in [0.1, 0.15) is 0 Å². The molecular formula is C16H25NO4. The van der Waals surface area contributed by atoms with E-state index in [1.807, 2.05) is 37.8 Å². The van der Waals surface area contributed by atoms with Crippen molar-refractivity contribution in [3.63, 3.8) is 0 Å². The van der Waals surface area contributed by atoms with Crippen LogP contribution in [0.5, 0.6) is 11.5 Å². The number of hydrogen-bond acceptors (Lipinski definition) is 5. The summed E-state index contributed by atoms with van der Waals surface area (Å²) in [5, 5.41) is 0. The maximum atomic E-state index is 11.6. The number of carbonyl (C=O) groups is 1. The van der Waals surface area contributed by atoms with Crippen molar-refractivity contribution in [3.05, 3.63) is 23.3 Å². The Balaban J connectivity index is 2.86. The number of rotatable bonds is 8. The summed E-state index contributed by atoms with van der Waals surface area (Å²) in [5.74, 6) is 1.22. The standard InChI is InChI=1S/C16H25NO4/c1-6-17(11-16(18)21-7-2)10-13-9-15(20-5)14(19-4)8-12(13)3/h8-9H,6-7,10-11H2,1-5H3. The first-order chi connectivity index (χ1) is 10.0. The molecule has 0 bridgehead atoms. The summed E-state index contributed by atoms with van der Waals surface area (Å²) in [6, 6.07) is 3.91. The molecule has 1 rings (SSSR count). The van der Waals surface area contributed by atoms with Crippen LogP contribution in [0.4, 0.5) is 0 Å². The lowest BCUT2D eigenvalue weighted by molar-refractivity contribution is -0.144. The van der Waals surface area contributed by atoms with Crippen LogP contribution in [-0.2, 0) is 16.1 Å². The van der Waals surface area contributed by atoms with Crippen LogP contribution in [-0.4, -0.2) is 44.8 Å². The first kappa shape index (κ1) is 17.3. The van der Waals surface area contributed by atoms with Gasteiger partial charge in [-0.3, -0.25) is 9.69 Å². The van der Waals surface area contributed by atoms with Crippen molar-refractivity contribution >= 4 is 5.97 Å². The molecule has 0 spiro atoms. The van der Waals surface area contributed by atoms with Crippen molar-refractivity contribution in [1.29, 1.82) is 0 Å². The summed E-state index contributed by atoms with van der Waals surface area (Å²) in [7, 11) is 3.24. The van der Waals surface area contributed by atoms with Crippen LogP contribution in [0, 0.1) is 6.92 Å². The minimum Gasteiger partial charge on any atom is -0.493 e. The molecule has 21 heavy (non-hydrogen) atoms. The van der Waals surface area contributed by atoms with Crippen LogP contribution in [0.25, 0.3) is 0 Å². The summed E-state index contributed by atoms with van der Waals surface area (Å²) in [6.07, 6.45) is 0. The minimum atomic E-state index is -0.197. The van der Waals surface area contributed by atoms with Gasteiger partial charge < -0.3 is 14.2 Å². The van der Waals surface area contributed by atoms with Gasteiger partial charge in [-0.05, 0) is 43.7 Å². The molecule has 0 aliphatic carbocycles. The smallest absolute Gasteiger partial charge is 0.320 e. The molecule has 0 aromatic heterocycles. The van der Waals surface area contributed by atoms with Crippen LogP contribution in [0.3, 0.4) is 0 Å². The fourth-order valence-corrected chi connectivity index (χ4v) is 2.10. The zero-order chi connectivity index (χ0) is 15.8. The van der Waals surface area contributed by atoms with Crippen LogP contribution < -0.4 is 9.47 Å². The van der Waals surface area contributed by atoms with Gasteiger partial charge in [0.2, 0.25) is 0 Å². The highest BCUT2D eigenvalue weighted by Gasteiger charge is 2.14. The molecule has 0 fully saturated rings. The number of hydrogen-bond donors (Lipinski definition) is 0. The van der Waals surface area contributed by atoms with Crippen LogP contribution in [0.15, 0.2) is 12.1 Å². The number of nitrogens with zero attached hydrogens (tertiary/aromatic N) is 1. The van der Waals surface area contributed by atoms with E-state index >= 15 is 0 Å². The third-order valence-corrected chi connectivity index (χ3v) is 3.34. The second-order valence-electron chi connectivity index (χ2n) is 4.74. The first-order valence-corrected chi connectivity index (χ1v) is 7.15. The largest absolute Gasteiger partial charge is 0.493 e. The van der Waals surface area contributed by atoms with E-state index in [0.717, 1.165) is 17.7 Å². The third kappa shape index (κ3) is 4.93. The normalized spacial score (nSPS) is 10.6. The minimum absolute atomic E-state index is 0.197. The molecule has 0 aliphatic heterocycles. The number of likely N-dealkylation sites (N-methyl/N-ethyl adjacent to an activating group) is 1. The zero-order valence-corrected chi connectivity index (χ0v) is 13.6. The quantitative estimate of drug-likeness (QED) is 0.689. The van der Waals surface area contributed by atoms with Gasteiger partial charge in [0.25, 0.3) is 0 Å². The lowest BCUT2D eigenvalue weighted by atomic mass is 10.1. The van der Waals surface area contributed by atoms with Gasteiger partial charge in [-0.25, -0.2) is 0 Å². The van der Waals surface area contributed by atoms with Crippen molar-refractivity contribution < 1.29 is 19.0 Å². The Morgan fingerprint density at radius 1 is 1.14 bits per heavy atom. The summed E-state index contributed by atoms with van der Waals surface area (Å²) in [5.41, 5.74) is 2.22. The monoisotopic (exact) mass is 295 g/mol. The molecule has 5 nitrogen and oxygen atoms in total. The molecule has 0 heterocycles. The van der Waals surface area contributed by atoms with E-state index in [0.29, 0.717) is 24.7 Å². The lowest BCUT2D eigenvalue weighted by Crippen LogP contribution is -2.30. The van der Waals surface area contributed by atoms with Crippen LogP contribution >= 0.6 is 0 Å². The van der Waals surface area contributed by atoms with Gasteiger partial charge in [-0.1, -0.05) is 6.92 Å². The summed E-state index contributed by atoms with van der Waals surface area (Å²) in [4.78, 5) is 13.6. The molecule has 5 heteroatoms. The predicted molar refractivity (Wildman–Crippen MR) is 81.9 cm³/mol. The van der Waals surface area contributed by atoms with E-state index in [4.69, 9.17) is 14.2 Å². The Labute approximate surface area is 126 Å². The fraction of sp³-hybridized carbons (Fsp3) is 0.562. The molecule has 118 valence electrons. The predicted octanol–water partition coefficient (Wildman–Crippen LogP) is 2.40. The summed E-state index contributed by atoms with van der Waals surface area (Å²) >= 11 is 0. The Hall–Kier alpha value is -1.75. The molecule has 0 atom stereocenters. The fourth-order valence-electron chi connectivity index (χ4n) is 2.10. The van der Waals surface area contributed by atoms with E-state index in [1.54, 1.807) is 14.2 Å². The summed E-state index contributed by atoms with van der Waals surface area (Å²) in [6.45, 7) is 8.00. The van der Waals surface area contributed by atoms with Gasteiger partial charge in [0.05, 0.1) is 27.4 Å². The van der Waals surface area contributed by atoms with Crippen molar-refractivity contribution in [2.75, 3.05) is 33.9 Å².